The van der Waals surface area contributed by atoms with Gasteiger partial charge in [0, 0.05) is 16.6 Å². The number of allylic oxidation sites excluding steroid dienone is 4. The summed E-state index contributed by atoms with van der Waals surface area (Å²) >= 11 is 0. The normalized spacial score (nSPS) is 18.2. The standard InChI is InChI=1S/C22H28O4/c1-14(6-8-16-12-17(23)9-11-19(16)24)7-10-18-15(2)21(25)20(26-5)13-22(18,3)4/h6,8-9,11-14,23-24H,7,10H2,1-5H3/b8-6-. The van der Waals surface area contributed by atoms with E-state index in [1.807, 2.05) is 25.2 Å². The lowest BCUT2D eigenvalue weighted by Crippen LogP contribution is -2.25. The second-order valence-electron chi connectivity index (χ2n) is 7.49. The Morgan fingerprint density at radius 3 is 2.62 bits per heavy atom. The van der Waals surface area contributed by atoms with Crippen molar-refractivity contribution >= 4 is 11.9 Å². The van der Waals surface area contributed by atoms with Gasteiger partial charge in [-0.2, -0.15) is 0 Å². The van der Waals surface area contributed by atoms with E-state index >= 15 is 0 Å². The van der Waals surface area contributed by atoms with Gasteiger partial charge in [-0.25, -0.2) is 0 Å². The van der Waals surface area contributed by atoms with Crippen LogP contribution in [0.15, 0.2) is 47.3 Å². The van der Waals surface area contributed by atoms with E-state index in [0.29, 0.717) is 11.3 Å². The third-order valence-corrected chi connectivity index (χ3v) is 4.97. The summed E-state index contributed by atoms with van der Waals surface area (Å²) in [7, 11) is 1.53. The van der Waals surface area contributed by atoms with Crippen LogP contribution in [0.4, 0.5) is 0 Å². The number of hydrogen-bond donors (Lipinski definition) is 2. The molecular formula is C22H28O4. The fraction of sp³-hybridized carbons (Fsp3) is 0.409. The van der Waals surface area contributed by atoms with E-state index in [0.717, 1.165) is 24.0 Å². The molecule has 4 heteroatoms. The molecule has 0 fully saturated rings. The van der Waals surface area contributed by atoms with Gasteiger partial charge >= 0.3 is 0 Å². The summed E-state index contributed by atoms with van der Waals surface area (Å²) in [6, 6.07) is 4.46. The number of carbonyl (C=O) groups excluding carboxylic acids is 1. The molecule has 0 aromatic heterocycles. The molecule has 1 aliphatic carbocycles. The molecule has 0 bridgehead atoms. The van der Waals surface area contributed by atoms with Crippen molar-refractivity contribution in [3.63, 3.8) is 0 Å². The molecule has 2 rings (SSSR count). The summed E-state index contributed by atoms with van der Waals surface area (Å²) in [6.45, 7) is 8.17. The van der Waals surface area contributed by atoms with Crippen LogP contribution in [-0.4, -0.2) is 23.1 Å². The van der Waals surface area contributed by atoms with Gasteiger partial charge < -0.3 is 14.9 Å². The zero-order valence-corrected chi connectivity index (χ0v) is 16.2. The van der Waals surface area contributed by atoms with Gasteiger partial charge in [0.25, 0.3) is 0 Å². The van der Waals surface area contributed by atoms with E-state index in [9.17, 15) is 15.0 Å². The molecule has 0 amide bonds. The van der Waals surface area contributed by atoms with Gasteiger partial charge in [0.1, 0.15) is 11.5 Å². The molecule has 0 saturated carbocycles. The number of Topliss-reactive ketones (excluding diaryl/α,β-unsaturated/α-hetero) is 1. The third kappa shape index (κ3) is 4.37. The lowest BCUT2D eigenvalue weighted by atomic mass is 9.73. The first-order valence-corrected chi connectivity index (χ1v) is 8.87. The molecule has 1 aromatic rings. The van der Waals surface area contributed by atoms with Crippen LogP contribution in [0.3, 0.4) is 0 Å². The van der Waals surface area contributed by atoms with Crippen molar-refractivity contribution in [3.05, 3.63) is 52.8 Å². The van der Waals surface area contributed by atoms with Crippen molar-refractivity contribution in [1.29, 1.82) is 0 Å². The molecule has 0 radical (unpaired) electrons. The van der Waals surface area contributed by atoms with Gasteiger partial charge in [0.05, 0.1) is 7.11 Å². The molecule has 0 spiro atoms. The Hall–Kier alpha value is -2.49. The van der Waals surface area contributed by atoms with Crippen molar-refractivity contribution < 1.29 is 19.7 Å². The number of hydrogen-bond acceptors (Lipinski definition) is 4. The van der Waals surface area contributed by atoms with E-state index in [4.69, 9.17) is 4.74 Å². The van der Waals surface area contributed by atoms with Crippen LogP contribution in [0.2, 0.25) is 0 Å². The molecular weight excluding hydrogens is 328 g/mol. The number of benzene rings is 1. The predicted octanol–water partition coefficient (Wildman–Crippen LogP) is 4.98. The topological polar surface area (TPSA) is 66.8 Å². The number of phenolic OH excluding ortho intramolecular Hbond substituents is 2. The summed E-state index contributed by atoms with van der Waals surface area (Å²) in [5.41, 5.74) is 2.30. The maximum atomic E-state index is 12.4. The second-order valence-corrected chi connectivity index (χ2v) is 7.49. The molecule has 1 aliphatic rings. The third-order valence-electron chi connectivity index (χ3n) is 4.97. The smallest absolute Gasteiger partial charge is 0.222 e. The Bertz CT molecular complexity index is 781. The molecule has 0 aliphatic heterocycles. The molecule has 26 heavy (non-hydrogen) atoms. The number of rotatable bonds is 6. The van der Waals surface area contributed by atoms with Crippen LogP contribution in [0.1, 0.15) is 46.1 Å². The summed E-state index contributed by atoms with van der Waals surface area (Å²) in [5.74, 6) is 0.911. The van der Waals surface area contributed by atoms with Crippen LogP contribution < -0.4 is 0 Å². The monoisotopic (exact) mass is 356 g/mol. The van der Waals surface area contributed by atoms with Gasteiger partial charge in [0.15, 0.2) is 5.76 Å². The predicted molar refractivity (Wildman–Crippen MR) is 104 cm³/mol. The summed E-state index contributed by atoms with van der Waals surface area (Å²) in [6.07, 6.45) is 7.44. The van der Waals surface area contributed by atoms with Gasteiger partial charge in [-0.15, -0.1) is 0 Å². The number of carbonyl (C=O) groups is 1. The van der Waals surface area contributed by atoms with Gasteiger partial charge in [-0.1, -0.05) is 38.5 Å². The minimum absolute atomic E-state index is 0.0327. The maximum absolute atomic E-state index is 12.4. The summed E-state index contributed by atoms with van der Waals surface area (Å²) in [4.78, 5) is 12.4. The van der Waals surface area contributed by atoms with Crippen LogP contribution >= 0.6 is 0 Å². The first kappa shape index (κ1) is 19.8. The first-order chi connectivity index (χ1) is 12.2. The molecule has 0 heterocycles. The van der Waals surface area contributed by atoms with Crippen molar-refractivity contribution in [1.82, 2.24) is 0 Å². The molecule has 1 atom stereocenters. The van der Waals surface area contributed by atoms with Gasteiger partial charge in [-0.3, -0.25) is 4.79 Å². The fourth-order valence-electron chi connectivity index (χ4n) is 3.36. The Labute approximate surface area is 155 Å². The van der Waals surface area contributed by atoms with Crippen LogP contribution in [0.25, 0.3) is 6.08 Å². The van der Waals surface area contributed by atoms with Crippen LogP contribution in [-0.2, 0) is 9.53 Å². The highest BCUT2D eigenvalue weighted by atomic mass is 16.5. The van der Waals surface area contributed by atoms with Gasteiger partial charge in [-0.05, 0) is 50.0 Å². The lowest BCUT2D eigenvalue weighted by molar-refractivity contribution is -0.115. The van der Waals surface area contributed by atoms with Crippen molar-refractivity contribution in [2.45, 2.75) is 40.5 Å². The van der Waals surface area contributed by atoms with Crippen molar-refractivity contribution in [2.75, 3.05) is 7.11 Å². The maximum Gasteiger partial charge on any atom is 0.222 e. The second kappa shape index (κ2) is 7.81. The largest absolute Gasteiger partial charge is 0.508 e. The number of methoxy groups -OCH3 is 1. The Balaban J connectivity index is 2.08. The highest BCUT2D eigenvalue weighted by Gasteiger charge is 2.32. The highest BCUT2D eigenvalue weighted by molar-refractivity contribution is 6.08. The molecule has 4 nitrogen and oxygen atoms in total. The molecule has 1 unspecified atom stereocenters. The van der Waals surface area contributed by atoms with Crippen LogP contribution in [0.5, 0.6) is 11.5 Å². The minimum Gasteiger partial charge on any atom is -0.508 e. The average molecular weight is 356 g/mol. The fourth-order valence-corrected chi connectivity index (χ4v) is 3.36. The van der Waals surface area contributed by atoms with Crippen molar-refractivity contribution in [2.24, 2.45) is 11.3 Å². The Morgan fingerprint density at radius 2 is 1.96 bits per heavy atom. The Morgan fingerprint density at radius 1 is 1.27 bits per heavy atom. The van der Waals surface area contributed by atoms with Crippen LogP contribution in [0, 0.1) is 11.3 Å². The van der Waals surface area contributed by atoms with E-state index in [-0.39, 0.29) is 28.6 Å². The SMILES string of the molecule is COC1=CC(C)(C)C(CCC(C)/C=C\c2cc(O)ccc2O)=C(C)C1=O. The number of phenols is 2. The van der Waals surface area contributed by atoms with E-state index in [1.54, 1.807) is 0 Å². The summed E-state index contributed by atoms with van der Waals surface area (Å²) < 4.78 is 5.21. The Kier molecular flexibility index (Phi) is 5.96. The van der Waals surface area contributed by atoms with E-state index in [1.165, 1.54) is 25.3 Å². The molecule has 1 aromatic carbocycles. The zero-order valence-electron chi connectivity index (χ0n) is 16.2. The highest BCUT2D eigenvalue weighted by Crippen LogP contribution is 2.40. The molecule has 0 saturated heterocycles. The van der Waals surface area contributed by atoms with E-state index < -0.39 is 0 Å². The lowest BCUT2D eigenvalue weighted by Gasteiger charge is -2.32. The average Bonchev–Trinajstić information content (AvgIpc) is 2.58. The van der Waals surface area contributed by atoms with Crippen molar-refractivity contribution in [3.8, 4) is 11.5 Å². The number of ether oxygens (including phenoxy) is 1. The summed E-state index contributed by atoms with van der Waals surface area (Å²) in [5, 5.41) is 19.4. The number of ketones is 1. The van der Waals surface area contributed by atoms with E-state index in [2.05, 4.69) is 20.8 Å². The quantitative estimate of drug-likeness (QED) is 0.705. The number of aromatic hydroxyl groups is 2. The molecule has 140 valence electrons. The van der Waals surface area contributed by atoms with Gasteiger partial charge in [0.2, 0.25) is 5.78 Å². The zero-order chi connectivity index (χ0) is 19.5. The molecule has 2 N–H and O–H groups in total. The first-order valence-electron chi connectivity index (χ1n) is 8.87. The minimum atomic E-state index is -0.212.